The van der Waals surface area contributed by atoms with Crippen molar-refractivity contribution in [1.82, 2.24) is 0 Å². The second-order valence-corrected chi connectivity index (χ2v) is 5.67. The summed E-state index contributed by atoms with van der Waals surface area (Å²) in [6.45, 7) is 1.19. The molecule has 0 saturated heterocycles. The van der Waals surface area contributed by atoms with Gasteiger partial charge in [-0.1, -0.05) is 35.3 Å². The number of hydrogen-bond acceptors (Lipinski definition) is 3. The molecule has 1 heterocycles. The van der Waals surface area contributed by atoms with Crippen LogP contribution >= 0.6 is 23.2 Å². The van der Waals surface area contributed by atoms with Gasteiger partial charge in [-0.15, -0.1) is 0 Å². The number of fused-ring (bicyclic) bond motifs is 1. The maximum absolute atomic E-state index is 10.5. The third-order valence-corrected chi connectivity index (χ3v) is 3.93. The molecule has 0 aliphatic carbocycles. The van der Waals surface area contributed by atoms with Gasteiger partial charge in [0.15, 0.2) is 11.5 Å². The highest BCUT2D eigenvalue weighted by atomic mass is 35.5. The van der Waals surface area contributed by atoms with Gasteiger partial charge in [-0.3, -0.25) is 0 Å². The summed E-state index contributed by atoms with van der Waals surface area (Å²) in [6.07, 6.45) is -0.0200. The highest BCUT2D eigenvalue weighted by Gasteiger charge is 2.19. The molecule has 1 atom stereocenters. The molecule has 0 spiro atoms. The predicted octanol–water partition coefficient (Wildman–Crippen LogP) is 4.24. The number of hydrogen-bond donors (Lipinski definition) is 1. The molecule has 0 fully saturated rings. The van der Waals surface area contributed by atoms with E-state index in [2.05, 4.69) is 0 Å². The Bertz CT molecular complexity index is 641. The van der Waals surface area contributed by atoms with Crippen molar-refractivity contribution in [3.63, 3.8) is 0 Å². The molecule has 3 rings (SSSR count). The second-order valence-electron chi connectivity index (χ2n) is 4.83. The zero-order chi connectivity index (χ0) is 14.8. The first-order chi connectivity index (χ1) is 10.1. The lowest BCUT2D eigenvalue weighted by Gasteiger charge is -2.16. The molecular formula is C16H14Cl2O3. The fourth-order valence-corrected chi connectivity index (χ4v) is 2.62. The number of ether oxygens (including phenoxy) is 2. The van der Waals surface area contributed by atoms with Crippen LogP contribution in [0.1, 0.15) is 23.7 Å². The molecule has 1 unspecified atom stereocenters. The van der Waals surface area contributed by atoms with Gasteiger partial charge in [0, 0.05) is 23.1 Å². The third kappa shape index (κ3) is 3.10. The molecule has 0 bridgehead atoms. The molecule has 0 aromatic heterocycles. The lowest BCUT2D eigenvalue weighted by molar-refractivity contribution is 0.219. The Morgan fingerprint density at radius 1 is 0.952 bits per heavy atom. The van der Waals surface area contributed by atoms with E-state index in [9.17, 15) is 5.11 Å². The molecule has 0 radical (unpaired) electrons. The van der Waals surface area contributed by atoms with Crippen LogP contribution in [0.25, 0.3) is 0 Å². The van der Waals surface area contributed by atoms with Gasteiger partial charge in [-0.25, -0.2) is 0 Å². The Labute approximate surface area is 133 Å². The minimum absolute atomic E-state index is 0.446. The largest absolute Gasteiger partial charge is 0.490 e. The number of rotatable bonds is 2. The number of aliphatic hydroxyl groups excluding tert-OH is 1. The normalized spacial score (nSPS) is 15.4. The van der Waals surface area contributed by atoms with Gasteiger partial charge in [0.25, 0.3) is 0 Å². The van der Waals surface area contributed by atoms with Crippen molar-refractivity contribution in [2.24, 2.45) is 0 Å². The summed E-state index contributed by atoms with van der Waals surface area (Å²) in [5.41, 5.74) is 1.30. The molecule has 0 saturated carbocycles. The van der Waals surface area contributed by atoms with Gasteiger partial charge < -0.3 is 14.6 Å². The van der Waals surface area contributed by atoms with Crippen LogP contribution in [-0.4, -0.2) is 18.3 Å². The van der Waals surface area contributed by atoms with E-state index in [1.807, 2.05) is 0 Å². The first-order valence-electron chi connectivity index (χ1n) is 6.68. The summed E-state index contributed by atoms with van der Waals surface area (Å²) in [7, 11) is 0. The minimum Gasteiger partial charge on any atom is -0.490 e. The van der Waals surface area contributed by atoms with E-state index < -0.39 is 6.10 Å². The lowest BCUT2D eigenvalue weighted by Crippen LogP contribution is -2.02. The highest BCUT2D eigenvalue weighted by Crippen LogP contribution is 2.39. The van der Waals surface area contributed by atoms with Crippen LogP contribution in [0.4, 0.5) is 0 Å². The van der Waals surface area contributed by atoms with Gasteiger partial charge in [-0.2, -0.15) is 0 Å². The zero-order valence-corrected chi connectivity index (χ0v) is 12.7. The Hall–Kier alpha value is -1.42. The molecule has 1 N–H and O–H groups in total. The Morgan fingerprint density at radius 3 is 2.24 bits per heavy atom. The van der Waals surface area contributed by atoms with Gasteiger partial charge in [-0.05, 0) is 23.8 Å². The summed E-state index contributed by atoms with van der Waals surface area (Å²) >= 11 is 12.1. The molecule has 2 aromatic carbocycles. The molecule has 110 valence electrons. The Kier molecular flexibility index (Phi) is 4.24. The molecular weight excluding hydrogens is 311 g/mol. The summed E-state index contributed by atoms with van der Waals surface area (Å²) < 4.78 is 11.2. The van der Waals surface area contributed by atoms with Crippen LogP contribution < -0.4 is 9.47 Å². The molecule has 0 amide bonds. The van der Waals surface area contributed by atoms with Crippen molar-refractivity contribution in [3.8, 4) is 11.5 Å². The fraction of sp³-hybridized carbons (Fsp3) is 0.250. The van der Waals surface area contributed by atoms with Crippen LogP contribution in [0.15, 0.2) is 36.4 Å². The van der Waals surface area contributed by atoms with Crippen LogP contribution in [-0.2, 0) is 0 Å². The van der Waals surface area contributed by atoms with Crippen LogP contribution in [0.2, 0.25) is 10.0 Å². The predicted molar refractivity (Wildman–Crippen MR) is 82.6 cm³/mol. The standard InChI is InChI=1S/C16H14Cl2O3/c17-11-4-2-10(3-5-11)16(19)12-8-14-15(9-13(12)18)21-7-1-6-20-14/h2-5,8-9,16,19H,1,6-7H2. The number of halogens is 2. The van der Waals surface area contributed by atoms with Crippen molar-refractivity contribution in [2.45, 2.75) is 12.5 Å². The topological polar surface area (TPSA) is 38.7 Å². The van der Waals surface area contributed by atoms with Crippen molar-refractivity contribution in [1.29, 1.82) is 0 Å². The number of aliphatic hydroxyl groups is 1. The second kappa shape index (κ2) is 6.14. The third-order valence-electron chi connectivity index (χ3n) is 3.35. The quantitative estimate of drug-likeness (QED) is 0.898. The van der Waals surface area contributed by atoms with Gasteiger partial charge in [0.1, 0.15) is 6.10 Å². The lowest BCUT2D eigenvalue weighted by atomic mass is 10.0. The fourth-order valence-electron chi connectivity index (χ4n) is 2.23. The Balaban J connectivity index is 1.97. The first kappa shape index (κ1) is 14.5. The average Bonchev–Trinajstić information content (AvgIpc) is 2.71. The van der Waals surface area contributed by atoms with E-state index >= 15 is 0 Å². The van der Waals surface area contributed by atoms with E-state index in [1.54, 1.807) is 36.4 Å². The Morgan fingerprint density at radius 2 is 1.57 bits per heavy atom. The molecule has 21 heavy (non-hydrogen) atoms. The van der Waals surface area contributed by atoms with Crippen molar-refractivity contribution >= 4 is 23.2 Å². The highest BCUT2D eigenvalue weighted by molar-refractivity contribution is 6.31. The van der Waals surface area contributed by atoms with Gasteiger partial charge in [0.05, 0.1) is 18.2 Å². The first-order valence-corrected chi connectivity index (χ1v) is 7.43. The zero-order valence-electron chi connectivity index (χ0n) is 11.2. The van der Waals surface area contributed by atoms with Crippen LogP contribution in [0.5, 0.6) is 11.5 Å². The maximum atomic E-state index is 10.5. The van der Waals surface area contributed by atoms with Crippen molar-refractivity contribution < 1.29 is 14.6 Å². The summed E-state index contributed by atoms with van der Waals surface area (Å²) in [6, 6.07) is 10.4. The molecule has 1 aliphatic heterocycles. The summed E-state index contributed by atoms with van der Waals surface area (Å²) in [4.78, 5) is 0. The smallest absolute Gasteiger partial charge is 0.162 e. The van der Waals surface area contributed by atoms with Gasteiger partial charge >= 0.3 is 0 Å². The molecule has 1 aliphatic rings. The summed E-state index contributed by atoms with van der Waals surface area (Å²) in [5.74, 6) is 1.23. The summed E-state index contributed by atoms with van der Waals surface area (Å²) in [5, 5.41) is 11.6. The van der Waals surface area contributed by atoms with E-state index in [-0.39, 0.29) is 0 Å². The maximum Gasteiger partial charge on any atom is 0.162 e. The monoisotopic (exact) mass is 324 g/mol. The van der Waals surface area contributed by atoms with E-state index in [1.165, 1.54) is 0 Å². The minimum atomic E-state index is -0.841. The van der Waals surface area contributed by atoms with E-state index in [4.69, 9.17) is 32.7 Å². The molecule has 3 nitrogen and oxygen atoms in total. The molecule has 2 aromatic rings. The van der Waals surface area contributed by atoms with Crippen LogP contribution in [0.3, 0.4) is 0 Å². The SMILES string of the molecule is OC(c1ccc(Cl)cc1)c1cc2c(cc1Cl)OCCCO2. The van der Waals surface area contributed by atoms with Gasteiger partial charge in [0.2, 0.25) is 0 Å². The van der Waals surface area contributed by atoms with Crippen LogP contribution in [0, 0.1) is 0 Å². The van der Waals surface area contributed by atoms with E-state index in [0.717, 1.165) is 12.0 Å². The molecule has 5 heteroatoms. The van der Waals surface area contributed by atoms with Crippen molar-refractivity contribution in [2.75, 3.05) is 13.2 Å². The average molecular weight is 325 g/mol. The van der Waals surface area contributed by atoms with Crippen molar-refractivity contribution in [3.05, 3.63) is 57.6 Å². The number of benzene rings is 2. The van der Waals surface area contributed by atoms with E-state index in [0.29, 0.717) is 40.3 Å².